The minimum atomic E-state index is -4.42. The second kappa shape index (κ2) is 8.10. The molecule has 0 unspecified atom stereocenters. The molecule has 0 N–H and O–H groups in total. The Balaban J connectivity index is 1.43. The van der Waals surface area contributed by atoms with Crippen LogP contribution in [0.5, 0.6) is 0 Å². The van der Waals surface area contributed by atoms with Crippen LogP contribution in [0.4, 0.5) is 19.1 Å². The molecule has 3 aromatic rings. The Morgan fingerprint density at radius 2 is 1.63 bits per heavy atom. The zero-order valence-corrected chi connectivity index (χ0v) is 15.9. The van der Waals surface area contributed by atoms with Gasteiger partial charge in [0.1, 0.15) is 0 Å². The van der Waals surface area contributed by atoms with Crippen molar-refractivity contribution in [3.8, 4) is 11.3 Å². The highest BCUT2D eigenvalue weighted by Crippen LogP contribution is 2.31. The summed E-state index contributed by atoms with van der Waals surface area (Å²) in [5, 5.41) is 0. The van der Waals surface area contributed by atoms with E-state index in [1.807, 2.05) is 4.90 Å². The van der Waals surface area contributed by atoms with E-state index < -0.39 is 11.7 Å². The third kappa shape index (κ3) is 4.24. The van der Waals surface area contributed by atoms with Gasteiger partial charge >= 0.3 is 6.18 Å². The van der Waals surface area contributed by atoms with E-state index in [0.29, 0.717) is 48.9 Å². The maximum Gasteiger partial charge on any atom is 0.416 e. The van der Waals surface area contributed by atoms with Crippen LogP contribution in [0, 0.1) is 0 Å². The number of halogens is 3. The van der Waals surface area contributed by atoms with Crippen molar-refractivity contribution >= 4 is 11.9 Å². The van der Waals surface area contributed by atoms with Gasteiger partial charge in [0, 0.05) is 50.3 Å². The molecule has 1 aliphatic rings. The number of piperazine rings is 1. The first-order chi connectivity index (χ1) is 14.4. The largest absolute Gasteiger partial charge is 0.416 e. The minimum absolute atomic E-state index is 0.160. The van der Waals surface area contributed by atoms with E-state index in [9.17, 15) is 18.0 Å². The SMILES string of the molecule is O=C(c1ccc(-c2cccc(C(F)(F)F)c2)nc1)N1CCN(c2ncccn2)CC1. The number of alkyl halides is 3. The molecule has 0 saturated carbocycles. The van der Waals surface area contributed by atoms with Crippen molar-refractivity contribution < 1.29 is 18.0 Å². The van der Waals surface area contributed by atoms with Crippen LogP contribution < -0.4 is 4.90 Å². The first kappa shape index (κ1) is 19.8. The molecular weight excluding hydrogens is 395 g/mol. The lowest BCUT2D eigenvalue weighted by atomic mass is 10.1. The van der Waals surface area contributed by atoms with Gasteiger partial charge in [0.15, 0.2) is 0 Å². The van der Waals surface area contributed by atoms with Gasteiger partial charge in [-0.2, -0.15) is 13.2 Å². The predicted octanol–water partition coefficient (Wildman–Crippen LogP) is 3.52. The minimum Gasteiger partial charge on any atom is -0.337 e. The summed E-state index contributed by atoms with van der Waals surface area (Å²) in [4.78, 5) is 29.1. The topological polar surface area (TPSA) is 62.2 Å². The maximum atomic E-state index is 12.9. The Kier molecular flexibility index (Phi) is 5.35. The summed E-state index contributed by atoms with van der Waals surface area (Å²) < 4.78 is 38.7. The second-order valence-electron chi connectivity index (χ2n) is 6.84. The van der Waals surface area contributed by atoms with Crippen LogP contribution in [0.1, 0.15) is 15.9 Å². The summed E-state index contributed by atoms with van der Waals surface area (Å²) in [6.45, 7) is 2.27. The average Bonchev–Trinajstić information content (AvgIpc) is 2.79. The summed E-state index contributed by atoms with van der Waals surface area (Å²) in [5.74, 6) is 0.475. The molecule has 4 rings (SSSR count). The van der Waals surface area contributed by atoms with E-state index in [0.717, 1.165) is 12.1 Å². The van der Waals surface area contributed by atoms with Crippen molar-refractivity contribution in [1.82, 2.24) is 19.9 Å². The molecule has 1 aliphatic heterocycles. The Labute approximate surface area is 171 Å². The number of rotatable bonds is 3. The molecule has 3 heterocycles. The molecular formula is C21H18F3N5O. The van der Waals surface area contributed by atoms with Crippen molar-refractivity contribution in [1.29, 1.82) is 0 Å². The molecule has 1 amide bonds. The number of pyridine rings is 1. The Hall–Kier alpha value is -3.49. The zero-order valence-electron chi connectivity index (χ0n) is 15.9. The lowest BCUT2D eigenvalue weighted by molar-refractivity contribution is -0.137. The summed E-state index contributed by atoms with van der Waals surface area (Å²) in [6.07, 6.45) is 0.346. The summed E-state index contributed by atoms with van der Waals surface area (Å²) in [5.41, 5.74) is 0.390. The second-order valence-corrected chi connectivity index (χ2v) is 6.84. The van der Waals surface area contributed by atoms with Gasteiger partial charge in [-0.3, -0.25) is 9.78 Å². The van der Waals surface area contributed by atoms with E-state index in [4.69, 9.17) is 0 Å². The normalized spacial score (nSPS) is 14.6. The van der Waals surface area contributed by atoms with Crippen LogP contribution in [0.3, 0.4) is 0 Å². The Morgan fingerprint density at radius 1 is 0.900 bits per heavy atom. The lowest BCUT2D eigenvalue weighted by Gasteiger charge is -2.34. The first-order valence-electron chi connectivity index (χ1n) is 9.37. The molecule has 1 fully saturated rings. The molecule has 1 aromatic carbocycles. The van der Waals surface area contributed by atoms with Gasteiger partial charge in [-0.05, 0) is 30.3 Å². The van der Waals surface area contributed by atoms with Gasteiger partial charge in [0.25, 0.3) is 5.91 Å². The number of hydrogen-bond acceptors (Lipinski definition) is 5. The van der Waals surface area contributed by atoms with Gasteiger partial charge in [-0.15, -0.1) is 0 Å². The molecule has 154 valence electrons. The third-order valence-electron chi connectivity index (χ3n) is 4.90. The fourth-order valence-electron chi connectivity index (χ4n) is 3.29. The zero-order chi connectivity index (χ0) is 21.1. The van der Waals surface area contributed by atoms with Crippen molar-refractivity contribution in [2.75, 3.05) is 31.1 Å². The van der Waals surface area contributed by atoms with Crippen LogP contribution >= 0.6 is 0 Å². The number of anilines is 1. The van der Waals surface area contributed by atoms with Gasteiger partial charge in [0.2, 0.25) is 5.95 Å². The van der Waals surface area contributed by atoms with Crippen molar-refractivity contribution in [3.05, 3.63) is 72.2 Å². The first-order valence-corrected chi connectivity index (χ1v) is 9.37. The molecule has 2 aromatic heterocycles. The van der Waals surface area contributed by atoms with Gasteiger partial charge in [-0.25, -0.2) is 9.97 Å². The van der Waals surface area contributed by atoms with Crippen molar-refractivity contribution in [2.45, 2.75) is 6.18 Å². The van der Waals surface area contributed by atoms with Crippen LogP contribution in [0.25, 0.3) is 11.3 Å². The molecule has 0 spiro atoms. The number of amides is 1. The number of hydrogen-bond donors (Lipinski definition) is 0. The van der Waals surface area contributed by atoms with Gasteiger partial charge in [-0.1, -0.05) is 12.1 Å². The predicted molar refractivity (Wildman–Crippen MR) is 105 cm³/mol. The smallest absolute Gasteiger partial charge is 0.337 e. The van der Waals surface area contributed by atoms with Crippen LogP contribution in [-0.2, 0) is 6.18 Å². The van der Waals surface area contributed by atoms with Crippen molar-refractivity contribution in [3.63, 3.8) is 0 Å². The Morgan fingerprint density at radius 3 is 2.27 bits per heavy atom. The number of nitrogens with zero attached hydrogens (tertiary/aromatic N) is 5. The van der Waals surface area contributed by atoms with E-state index in [-0.39, 0.29) is 5.91 Å². The molecule has 0 radical (unpaired) electrons. The van der Waals surface area contributed by atoms with Gasteiger partial charge < -0.3 is 9.80 Å². The highest BCUT2D eigenvalue weighted by molar-refractivity contribution is 5.94. The monoisotopic (exact) mass is 413 g/mol. The van der Waals surface area contributed by atoms with E-state index in [1.165, 1.54) is 12.3 Å². The van der Waals surface area contributed by atoms with Crippen LogP contribution in [-0.4, -0.2) is 51.9 Å². The number of carbonyl (C=O) groups excluding carboxylic acids is 1. The number of carbonyl (C=O) groups is 1. The van der Waals surface area contributed by atoms with E-state index >= 15 is 0 Å². The van der Waals surface area contributed by atoms with E-state index in [2.05, 4.69) is 15.0 Å². The Bertz CT molecular complexity index is 1020. The standard InChI is InChI=1S/C21H18F3N5O/c22-21(23,24)17-4-1-3-15(13-17)18-6-5-16(14-27-18)19(30)28-9-11-29(12-10-28)20-25-7-2-8-26-20/h1-8,13-14H,9-12H2. The summed E-state index contributed by atoms with van der Waals surface area (Å²) in [6, 6.07) is 9.88. The van der Waals surface area contributed by atoms with Crippen molar-refractivity contribution in [2.24, 2.45) is 0 Å². The van der Waals surface area contributed by atoms with E-state index in [1.54, 1.807) is 41.6 Å². The molecule has 0 bridgehead atoms. The highest BCUT2D eigenvalue weighted by Gasteiger charge is 2.30. The summed E-state index contributed by atoms with van der Waals surface area (Å²) in [7, 11) is 0. The van der Waals surface area contributed by atoms with Crippen LogP contribution in [0.15, 0.2) is 61.1 Å². The fourth-order valence-corrected chi connectivity index (χ4v) is 3.29. The van der Waals surface area contributed by atoms with Crippen LogP contribution in [0.2, 0.25) is 0 Å². The quantitative estimate of drug-likeness (QED) is 0.658. The fraction of sp³-hybridized carbons (Fsp3) is 0.238. The summed E-state index contributed by atoms with van der Waals surface area (Å²) >= 11 is 0. The lowest BCUT2D eigenvalue weighted by Crippen LogP contribution is -2.49. The average molecular weight is 413 g/mol. The maximum absolute atomic E-state index is 12.9. The highest BCUT2D eigenvalue weighted by atomic mass is 19.4. The molecule has 1 saturated heterocycles. The molecule has 0 atom stereocenters. The number of benzene rings is 1. The molecule has 9 heteroatoms. The molecule has 30 heavy (non-hydrogen) atoms. The third-order valence-corrected chi connectivity index (χ3v) is 4.90. The number of aromatic nitrogens is 3. The molecule has 6 nitrogen and oxygen atoms in total. The molecule has 0 aliphatic carbocycles. The van der Waals surface area contributed by atoms with Gasteiger partial charge in [0.05, 0.1) is 16.8 Å².